The smallest absolute Gasteiger partial charge is 0.387 e. The van der Waals surface area contributed by atoms with E-state index in [1.807, 2.05) is 4.74 Å². The number of hydrogen-bond donors (Lipinski definition) is 1. The lowest BCUT2D eigenvalue weighted by molar-refractivity contribution is -0.558. The molecule has 0 spiro atoms. The van der Waals surface area contributed by atoms with Crippen molar-refractivity contribution < 1.29 is 76.7 Å². The van der Waals surface area contributed by atoms with Crippen LogP contribution in [0.25, 0.3) is 0 Å². The van der Waals surface area contributed by atoms with Crippen LogP contribution in [0.1, 0.15) is 51.4 Å². The van der Waals surface area contributed by atoms with Crippen LogP contribution < -0.4 is 0 Å². The summed E-state index contributed by atoms with van der Waals surface area (Å²) >= 11 is 0. The zero-order chi connectivity index (χ0) is 28.3. The Balaban J connectivity index is 4.74. The summed E-state index contributed by atoms with van der Waals surface area (Å²) in [6.45, 7) is -1.55. The molecule has 0 bridgehead atoms. The summed E-state index contributed by atoms with van der Waals surface area (Å²) < 4.78 is 169. The van der Waals surface area contributed by atoms with Crippen LogP contribution in [0.2, 0.25) is 0 Å². The standard InChI is InChI=1S/C19H26F12O5/c1-2-3-4-5-6-7-8-9-10-11-33-13-15(22,23)35-17(26,27)19(30,31)36-18(28,29)16(24,25)34-14(20,21)12-32/h2,32H,1,3-13H2. The van der Waals surface area contributed by atoms with E-state index in [-0.39, 0.29) is 6.42 Å². The van der Waals surface area contributed by atoms with Crippen molar-refractivity contribution in [2.75, 3.05) is 19.8 Å². The van der Waals surface area contributed by atoms with Gasteiger partial charge in [0.1, 0.15) is 13.2 Å². The third-order valence-electron chi connectivity index (χ3n) is 4.14. The average Bonchev–Trinajstić information content (AvgIpc) is 2.69. The molecule has 17 heteroatoms. The molecule has 0 saturated heterocycles. The minimum absolute atomic E-state index is 0.179. The SMILES string of the molecule is C=CCCCCCCCCCOCC(F)(F)OC(F)(F)C(F)(F)OC(F)(F)C(F)(F)OC(F)(F)CO. The van der Waals surface area contributed by atoms with Crippen LogP contribution in [-0.2, 0) is 18.9 Å². The van der Waals surface area contributed by atoms with E-state index < -0.39 is 56.5 Å². The monoisotopic (exact) mass is 562 g/mol. The van der Waals surface area contributed by atoms with Gasteiger partial charge in [-0.25, -0.2) is 14.2 Å². The molecule has 0 heterocycles. The van der Waals surface area contributed by atoms with Gasteiger partial charge in [0.25, 0.3) is 0 Å². The Kier molecular flexibility index (Phi) is 13.5. The van der Waals surface area contributed by atoms with Gasteiger partial charge in [0.15, 0.2) is 0 Å². The molecule has 0 fully saturated rings. The molecule has 0 unspecified atom stereocenters. The molecule has 0 aromatic rings. The highest BCUT2D eigenvalue weighted by molar-refractivity contribution is 4.77. The van der Waals surface area contributed by atoms with Gasteiger partial charge >= 0.3 is 36.7 Å². The van der Waals surface area contributed by atoms with E-state index in [1.165, 1.54) is 0 Å². The molecule has 1 N–H and O–H groups in total. The van der Waals surface area contributed by atoms with Crippen LogP contribution in [-0.4, -0.2) is 61.6 Å². The lowest BCUT2D eigenvalue weighted by atomic mass is 10.1. The maximum atomic E-state index is 13.5. The topological polar surface area (TPSA) is 57.2 Å². The first-order valence-corrected chi connectivity index (χ1v) is 10.4. The second-order valence-corrected chi connectivity index (χ2v) is 7.41. The summed E-state index contributed by atoms with van der Waals surface area (Å²) in [6.07, 6.45) is -30.3. The minimum Gasteiger partial charge on any atom is -0.387 e. The molecule has 216 valence electrons. The zero-order valence-corrected chi connectivity index (χ0v) is 18.7. The second-order valence-electron chi connectivity index (χ2n) is 7.41. The van der Waals surface area contributed by atoms with Crippen molar-refractivity contribution in [3.05, 3.63) is 12.7 Å². The first-order valence-electron chi connectivity index (χ1n) is 10.4. The van der Waals surface area contributed by atoms with Crippen molar-refractivity contribution in [1.29, 1.82) is 0 Å². The summed E-state index contributed by atoms with van der Waals surface area (Å²) in [7, 11) is 0. The van der Waals surface area contributed by atoms with Crippen molar-refractivity contribution in [2.24, 2.45) is 0 Å². The van der Waals surface area contributed by atoms with Crippen molar-refractivity contribution >= 4 is 0 Å². The van der Waals surface area contributed by atoms with Crippen LogP contribution in [0.5, 0.6) is 0 Å². The van der Waals surface area contributed by atoms with E-state index in [2.05, 4.69) is 20.8 Å². The predicted molar refractivity (Wildman–Crippen MR) is 98.0 cm³/mol. The molecular weight excluding hydrogens is 536 g/mol. The Morgan fingerprint density at radius 2 is 0.944 bits per heavy atom. The molecule has 0 radical (unpaired) electrons. The molecule has 0 aromatic carbocycles. The molecule has 0 atom stereocenters. The van der Waals surface area contributed by atoms with Gasteiger partial charge < -0.3 is 9.84 Å². The van der Waals surface area contributed by atoms with E-state index in [9.17, 15) is 52.7 Å². The van der Waals surface area contributed by atoms with Crippen LogP contribution in [0.15, 0.2) is 12.7 Å². The fourth-order valence-corrected chi connectivity index (χ4v) is 2.40. The van der Waals surface area contributed by atoms with Gasteiger partial charge in [-0.2, -0.15) is 52.7 Å². The molecule has 0 aliphatic heterocycles. The number of halogens is 12. The second kappa shape index (κ2) is 14.0. The lowest BCUT2D eigenvalue weighted by Gasteiger charge is -2.34. The van der Waals surface area contributed by atoms with Gasteiger partial charge in [0.2, 0.25) is 0 Å². The van der Waals surface area contributed by atoms with Gasteiger partial charge in [0, 0.05) is 6.61 Å². The number of aliphatic hydroxyl groups excluding tert-OH is 1. The molecule has 5 nitrogen and oxygen atoms in total. The first-order chi connectivity index (χ1) is 16.2. The number of hydrogen-bond acceptors (Lipinski definition) is 5. The normalized spacial score (nSPS) is 14.4. The van der Waals surface area contributed by atoms with E-state index in [0.29, 0.717) is 12.8 Å². The first kappa shape index (κ1) is 34.7. The summed E-state index contributed by atoms with van der Waals surface area (Å²) in [4.78, 5) is 0. The zero-order valence-electron chi connectivity index (χ0n) is 18.7. The van der Waals surface area contributed by atoms with Crippen LogP contribution in [0.3, 0.4) is 0 Å². The van der Waals surface area contributed by atoms with Crippen LogP contribution in [0, 0.1) is 0 Å². The van der Waals surface area contributed by atoms with Gasteiger partial charge in [-0.15, -0.1) is 6.58 Å². The van der Waals surface area contributed by atoms with Crippen molar-refractivity contribution in [2.45, 2.75) is 88.0 Å². The van der Waals surface area contributed by atoms with Crippen molar-refractivity contribution in [1.82, 2.24) is 0 Å². The third kappa shape index (κ3) is 12.3. The minimum atomic E-state index is -6.93. The Labute approximate surface area is 198 Å². The molecule has 0 amide bonds. The molecule has 0 aromatic heterocycles. The maximum absolute atomic E-state index is 13.5. The fraction of sp³-hybridized carbons (Fsp3) is 0.895. The summed E-state index contributed by atoms with van der Waals surface area (Å²) in [5, 5.41) is 8.01. The van der Waals surface area contributed by atoms with E-state index in [1.54, 1.807) is 6.08 Å². The molecule has 36 heavy (non-hydrogen) atoms. The highest BCUT2D eigenvalue weighted by atomic mass is 19.4. The van der Waals surface area contributed by atoms with E-state index >= 15 is 0 Å². The number of unbranched alkanes of at least 4 members (excludes halogenated alkanes) is 7. The number of ether oxygens (including phenoxy) is 4. The third-order valence-corrected chi connectivity index (χ3v) is 4.14. The summed E-state index contributed by atoms with van der Waals surface area (Å²) in [5.41, 5.74) is 0. The highest BCUT2D eigenvalue weighted by Gasteiger charge is 2.74. The number of aliphatic hydroxyl groups is 1. The Hall–Kier alpha value is -1.30. The predicted octanol–water partition coefficient (Wildman–Crippen LogP) is 6.91. The largest absolute Gasteiger partial charge is 0.453 e. The number of allylic oxidation sites excluding steroid dienone is 1. The van der Waals surface area contributed by atoms with Gasteiger partial charge in [-0.1, -0.05) is 38.2 Å². The Morgan fingerprint density at radius 1 is 0.556 bits per heavy atom. The molecular formula is C19H26F12O5. The van der Waals surface area contributed by atoms with E-state index in [4.69, 9.17) is 5.11 Å². The quantitative estimate of drug-likeness (QED) is 0.0937. The summed E-state index contributed by atoms with van der Waals surface area (Å²) in [5.74, 6) is 0. The van der Waals surface area contributed by atoms with Crippen molar-refractivity contribution in [3.63, 3.8) is 0 Å². The molecule has 0 saturated carbocycles. The summed E-state index contributed by atoms with van der Waals surface area (Å²) in [6, 6.07) is 0. The maximum Gasteiger partial charge on any atom is 0.453 e. The number of rotatable bonds is 21. The Morgan fingerprint density at radius 3 is 1.39 bits per heavy atom. The number of alkyl halides is 12. The van der Waals surface area contributed by atoms with Crippen molar-refractivity contribution in [3.8, 4) is 0 Å². The highest BCUT2D eigenvalue weighted by Crippen LogP contribution is 2.48. The van der Waals surface area contributed by atoms with Crippen LogP contribution in [0.4, 0.5) is 52.7 Å². The average molecular weight is 562 g/mol. The Bertz CT molecular complexity index is 646. The lowest BCUT2D eigenvalue weighted by Crippen LogP contribution is -2.58. The molecule has 0 aliphatic carbocycles. The van der Waals surface area contributed by atoms with E-state index in [0.717, 1.165) is 32.1 Å². The molecule has 0 rings (SSSR count). The fourth-order valence-electron chi connectivity index (χ4n) is 2.40. The van der Waals surface area contributed by atoms with Gasteiger partial charge in [-0.05, 0) is 19.3 Å². The van der Waals surface area contributed by atoms with Crippen LogP contribution >= 0.6 is 0 Å². The molecule has 0 aliphatic rings. The van der Waals surface area contributed by atoms with Gasteiger partial charge in [-0.3, -0.25) is 0 Å². The van der Waals surface area contributed by atoms with Gasteiger partial charge in [0.05, 0.1) is 0 Å².